The van der Waals surface area contributed by atoms with E-state index in [-0.39, 0.29) is 5.97 Å². The van der Waals surface area contributed by atoms with Crippen LogP contribution in [-0.4, -0.2) is 19.3 Å². The third-order valence-corrected chi connectivity index (χ3v) is 2.45. The molecular formula is C15H13NO2. The highest BCUT2D eigenvalue weighted by Gasteiger charge is 2.03. The Kier molecular flexibility index (Phi) is 3.86. The van der Waals surface area contributed by atoms with Crippen LogP contribution in [0, 0.1) is 0 Å². The van der Waals surface area contributed by atoms with Gasteiger partial charge in [-0.25, -0.2) is 4.79 Å². The van der Waals surface area contributed by atoms with Crippen molar-refractivity contribution in [1.29, 1.82) is 0 Å². The Bertz CT molecular complexity index is 544. The van der Waals surface area contributed by atoms with Crippen LogP contribution < -0.4 is 0 Å². The van der Waals surface area contributed by atoms with E-state index in [1.165, 1.54) is 7.11 Å². The molecule has 0 heterocycles. The van der Waals surface area contributed by atoms with Crippen LogP contribution in [0.5, 0.6) is 0 Å². The molecule has 0 fully saturated rings. The van der Waals surface area contributed by atoms with Gasteiger partial charge in [-0.3, -0.25) is 4.99 Å². The minimum absolute atomic E-state index is 0.339. The van der Waals surface area contributed by atoms with Crippen LogP contribution in [0.25, 0.3) is 0 Å². The van der Waals surface area contributed by atoms with Crippen LogP contribution >= 0.6 is 0 Å². The maximum absolute atomic E-state index is 11.2. The Morgan fingerprint density at radius 3 is 2.33 bits per heavy atom. The molecule has 3 nitrogen and oxygen atoms in total. The van der Waals surface area contributed by atoms with E-state index in [9.17, 15) is 4.79 Å². The highest BCUT2D eigenvalue weighted by Crippen LogP contribution is 2.13. The molecule has 90 valence electrons. The predicted octanol–water partition coefficient (Wildman–Crippen LogP) is 3.22. The van der Waals surface area contributed by atoms with Crippen molar-refractivity contribution in [3.8, 4) is 0 Å². The second kappa shape index (κ2) is 5.77. The lowest BCUT2D eigenvalue weighted by Crippen LogP contribution is -1.99. The van der Waals surface area contributed by atoms with Gasteiger partial charge in [0.25, 0.3) is 0 Å². The first-order valence-corrected chi connectivity index (χ1v) is 5.57. The van der Waals surface area contributed by atoms with Gasteiger partial charge in [0.15, 0.2) is 0 Å². The standard InChI is InChI=1S/C15H13NO2/c1-18-15(17)13-7-9-14(10-8-13)16-11-12-5-3-2-4-6-12/h2-11H,1H3/b16-11+. The van der Waals surface area contributed by atoms with E-state index in [4.69, 9.17) is 0 Å². The van der Waals surface area contributed by atoms with E-state index in [1.807, 2.05) is 30.3 Å². The van der Waals surface area contributed by atoms with Crippen LogP contribution in [-0.2, 0) is 4.74 Å². The molecule has 0 aliphatic heterocycles. The average Bonchev–Trinajstić information content (AvgIpc) is 2.46. The molecule has 18 heavy (non-hydrogen) atoms. The Hall–Kier alpha value is -2.42. The van der Waals surface area contributed by atoms with Gasteiger partial charge in [-0.05, 0) is 29.8 Å². The quantitative estimate of drug-likeness (QED) is 0.609. The summed E-state index contributed by atoms with van der Waals surface area (Å²) in [7, 11) is 1.36. The van der Waals surface area contributed by atoms with Crippen molar-refractivity contribution in [1.82, 2.24) is 0 Å². The third-order valence-electron chi connectivity index (χ3n) is 2.45. The fourth-order valence-corrected chi connectivity index (χ4v) is 1.49. The average molecular weight is 239 g/mol. The van der Waals surface area contributed by atoms with Gasteiger partial charge >= 0.3 is 5.97 Å². The van der Waals surface area contributed by atoms with Crippen LogP contribution in [0.2, 0.25) is 0 Å². The molecule has 3 heteroatoms. The molecular weight excluding hydrogens is 226 g/mol. The number of rotatable bonds is 3. The van der Waals surface area contributed by atoms with Gasteiger partial charge in [0.2, 0.25) is 0 Å². The lowest BCUT2D eigenvalue weighted by molar-refractivity contribution is 0.0601. The van der Waals surface area contributed by atoms with Crippen molar-refractivity contribution in [2.75, 3.05) is 7.11 Å². The molecule has 0 saturated carbocycles. The summed E-state index contributed by atoms with van der Waals surface area (Å²) >= 11 is 0. The Morgan fingerprint density at radius 2 is 1.72 bits per heavy atom. The molecule has 0 aliphatic rings. The fraction of sp³-hybridized carbons (Fsp3) is 0.0667. The van der Waals surface area contributed by atoms with Crippen LogP contribution in [0.3, 0.4) is 0 Å². The number of hydrogen-bond acceptors (Lipinski definition) is 3. The fourth-order valence-electron chi connectivity index (χ4n) is 1.49. The number of aliphatic imine (C=N–C) groups is 1. The molecule has 0 radical (unpaired) electrons. The van der Waals surface area contributed by atoms with Crippen molar-refractivity contribution in [2.45, 2.75) is 0 Å². The Labute approximate surface area is 106 Å². The maximum atomic E-state index is 11.2. The number of nitrogens with zero attached hydrogens (tertiary/aromatic N) is 1. The van der Waals surface area contributed by atoms with E-state index in [1.54, 1.807) is 30.5 Å². The lowest BCUT2D eigenvalue weighted by Gasteiger charge is -1.99. The van der Waals surface area contributed by atoms with Crippen molar-refractivity contribution >= 4 is 17.9 Å². The number of methoxy groups -OCH3 is 1. The van der Waals surface area contributed by atoms with E-state index >= 15 is 0 Å². The number of benzene rings is 2. The van der Waals surface area contributed by atoms with Gasteiger partial charge < -0.3 is 4.74 Å². The topological polar surface area (TPSA) is 38.7 Å². The van der Waals surface area contributed by atoms with E-state index in [0.29, 0.717) is 5.56 Å². The second-order valence-electron chi connectivity index (χ2n) is 3.71. The number of hydrogen-bond donors (Lipinski definition) is 0. The Balaban J connectivity index is 2.11. The zero-order valence-corrected chi connectivity index (χ0v) is 10.0. The van der Waals surface area contributed by atoms with Crippen molar-refractivity contribution < 1.29 is 9.53 Å². The monoisotopic (exact) mass is 239 g/mol. The summed E-state index contributed by atoms with van der Waals surface area (Å²) in [5, 5.41) is 0. The normalized spacial score (nSPS) is 10.5. The SMILES string of the molecule is COC(=O)c1ccc(/N=C/c2ccccc2)cc1. The number of ether oxygens (including phenoxy) is 1. The molecule has 2 rings (SSSR count). The van der Waals surface area contributed by atoms with Gasteiger partial charge in [-0.15, -0.1) is 0 Å². The van der Waals surface area contributed by atoms with Gasteiger partial charge in [0, 0.05) is 6.21 Å². The van der Waals surface area contributed by atoms with Gasteiger partial charge in [0.1, 0.15) is 0 Å². The number of carbonyl (C=O) groups is 1. The zero-order chi connectivity index (χ0) is 12.8. The first-order chi connectivity index (χ1) is 8.79. The summed E-state index contributed by atoms with van der Waals surface area (Å²) in [6.45, 7) is 0. The van der Waals surface area contributed by atoms with Gasteiger partial charge in [0.05, 0.1) is 18.4 Å². The largest absolute Gasteiger partial charge is 0.465 e. The first-order valence-electron chi connectivity index (χ1n) is 5.57. The molecule has 0 bridgehead atoms. The van der Waals surface area contributed by atoms with Crippen LogP contribution in [0.15, 0.2) is 59.6 Å². The highest BCUT2D eigenvalue weighted by atomic mass is 16.5. The maximum Gasteiger partial charge on any atom is 0.337 e. The molecule has 0 amide bonds. The summed E-state index contributed by atoms with van der Waals surface area (Å²) < 4.78 is 4.63. The molecule has 0 saturated heterocycles. The van der Waals surface area contributed by atoms with Crippen molar-refractivity contribution in [2.24, 2.45) is 4.99 Å². The predicted molar refractivity (Wildman–Crippen MR) is 71.5 cm³/mol. The molecule has 0 aliphatic carbocycles. The molecule has 2 aromatic carbocycles. The summed E-state index contributed by atoms with van der Waals surface area (Å²) in [5.41, 5.74) is 2.36. The van der Waals surface area contributed by atoms with Crippen LogP contribution in [0.1, 0.15) is 15.9 Å². The minimum atomic E-state index is -0.339. The summed E-state index contributed by atoms with van der Waals surface area (Å²) in [6, 6.07) is 16.8. The zero-order valence-electron chi connectivity index (χ0n) is 10.0. The molecule has 0 atom stereocenters. The van der Waals surface area contributed by atoms with E-state index in [2.05, 4.69) is 9.73 Å². The first kappa shape index (κ1) is 12.0. The van der Waals surface area contributed by atoms with Gasteiger partial charge in [-0.2, -0.15) is 0 Å². The third kappa shape index (κ3) is 3.04. The van der Waals surface area contributed by atoms with Gasteiger partial charge in [-0.1, -0.05) is 30.3 Å². The second-order valence-corrected chi connectivity index (χ2v) is 3.71. The summed E-state index contributed by atoms with van der Waals surface area (Å²) in [6.07, 6.45) is 1.78. The Morgan fingerprint density at radius 1 is 1.06 bits per heavy atom. The molecule has 2 aromatic rings. The van der Waals surface area contributed by atoms with Crippen molar-refractivity contribution in [3.05, 3.63) is 65.7 Å². The summed E-state index contributed by atoms with van der Waals surface area (Å²) in [5.74, 6) is -0.339. The van der Waals surface area contributed by atoms with E-state index in [0.717, 1.165) is 11.3 Å². The summed E-state index contributed by atoms with van der Waals surface area (Å²) in [4.78, 5) is 15.6. The lowest BCUT2D eigenvalue weighted by atomic mass is 10.2. The van der Waals surface area contributed by atoms with Crippen molar-refractivity contribution in [3.63, 3.8) is 0 Å². The highest BCUT2D eigenvalue weighted by molar-refractivity contribution is 5.89. The molecule has 0 N–H and O–H groups in total. The van der Waals surface area contributed by atoms with Crippen LogP contribution in [0.4, 0.5) is 5.69 Å². The number of carbonyl (C=O) groups excluding carboxylic acids is 1. The smallest absolute Gasteiger partial charge is 0.337 e. The minimum Gasteiger partial charge on any atom is -0.465 e. The number of esters is 1. The molecule has 0 spiro atoms. The molecule has 0 unspecified atom stereocenters. The molecule has 0 aromatic heterocycles. The van der Waals surface area contributed by atoms with E-state index < -0.39 is 0 Å².